The molecular formula is C15H20BrNO3S. The Labute approximate surface area is 134 Å². The van der Waals surface area contributed by atoms with Gasteiger partial charge in [0.2, 0.25) is 5.91 Å². The van der Waals surface area contributed by atoms with Crippen LogP contribution in [-0.2, 0) is 14.8 Å². The Morgan fingerprint density at radius 2 is 1.81 bits per heavy atom. The van der Waals surface area contributed by atoms with Gasteiger partial charge in [0.15, 0.2) is 0 Å². The van der Waals surface area contributed by atoms with Crippen LogP contribution in [0.25, 0.3) is 0 Å². The van der Waals surface area contributed by atoms with E-state index in [1.807, 2.05) is 27.7 Å². The number of carbonyl (C=O) groups excluding carboxylic acids is 1. The van der Waals surface area contributed by atoms with Gasteiger partial charge in [0, 0.05) is 17.3 Å². The third-order valence-corrected chi connectivity index (χ3v) is 6.63. The largest absolute Gasteiger partial charge is 0.273 e. The number of alkyl halides is 1. The smallest absolute Gasteiger partial charge is 0.266 e. The molecule has 0 bridgehead atoms. The first-order valence-electron chi connectivity index (χ1n) is 6.86. The lowest BCUT2D eigenvalue weighted by Gasteiger charge is -2.25. The van der Waals surface area contributed by atoms with Crippen molar-refractivity contribution < 1.29 is 13.2 Å². The van der Waals surface area contributed by atoms with E-state index in [0.29, 0.717) is 0 Å². The topological polar surface area (TPSA) is 54.5 Å². The third-order valence-electron chi connectivity index (χ3n) is 4.23. The molecule has 2 atom stereocenters. The van der Waals surface area contributed by atoms with Gasteiger partial charge in [0.1, 0.15) is 0 Å². The molecule has 1 aromatic rings. The maximum absolute atomic E-state index is 12.7. The lowest BCUT2D eigenvalue weighted by molar-refractivity contribution is -0.131. The van der Waals surface area contributed by atoms with Gasteiger partial charge in [-0.1, -0.05) is 54.4 Å². The Balaban J connectivity index is 2.42. The number of hydrogen-bond acceptors (Lipinski definition) is 3. The molecule has 1 heterocycles. The van der Waals surface area contributed by atoms with Crippen molar-refractivity contribution in [1.29, 1.82) is 0 Å². The molecule has 0 N–H and O–H groups in total. The summed E-state index contributed by atoms with van der Waals surface area (Å²) in [6.07, 6.45) is 0. The molecule has 1 aliphatic heterocycles. The van der Waals surface area contributed by atoms with E-state index in [-0.39, 0.29) is 28.1 Å². The summed E-state index contributed by atoms with van der Waals surface area (Å²) < 4.78 is 26.4. The van der Waals surface area contributed by atoms with Gasteiger partial charge < -0.3 is 0 Å². The SMILES string of the molecule is Cc1ccc(S(=O)(=O)N2C[C@@H]([C@@H](C)Br)C(C)(C)C2=O)cc1. The molecular weight excluding hydrogens is 354 g/mol. The fourth-order valence-electron chi connectivity index (χ4n) is 2.73. The van der Waals surface area contributed by atoms with E-state index in [4.69, 9.17) is 0 Å². The van der Waals surface area contributed by atoms with Crippen LogP contribution in [0.4, 0.5) is 0 Å². The lowest BCUT2D eigenvalue weighted by atomic mass is 9.80. The van der Waals surface area contributed by atoms with E-state index < -0.39 is 15.4 Å². The summed E-state index contributed by atoms with van der Waals surface area (Å²) in [7, 11) is -3.78. The van der Waals surface area contributed by atoms with Gasteiger partial charge in [-0.15, -0.1) is 0 Å². The summed E-state index contributed by atoms with van der Waals surface area (Å²) in [4.78, 5) is 12.8. The molecule has 0 unspecified atom stereocenters. The number of halogens is 1. The first-order chi connectivity index (χ1) is 9.58. The van der Waals surface area contributed by atoms with E-state index in [2.05, 4.69) is 15.9 Å². The second-order valence-corrected chi connectivity index (χ2v) is 9.47. The normalized spacial score (nSPS) is 23.4. The van der Waals surface area contributed by atoms with Crippen molar-refractivity contribution in [3.8, 4) is 0 Å². The standard InChI is InChI=1S/C15H20BrNO3S/c1-10-5-7-12(8-6-10)21(19,20)17-9-13(11(2)16)15(3,4)14(17)18/h5-8,11,13H,9H2,1-4H3/t11-,13+/m1/s1. The number of nitrogens with zero attached hydrogens (tertiary/aromatic N) is 1. The van der Waals surface area contributed by atoms with Crippen molar-refractivity contribution in [1.82, 2.24) is 4.31 Å². The van der Waals surface area contributed by atoms with Gasteiger partial charge >= 0.3 is 0 Å². The fraction of sp³-hybridized carbons (Fsp3) is 0.533. The summed E-state index contributed by atoms with van der Waals surface area (Å²) >= 11 is 3.49. The zero-order chi connectivity index (χ0) is 16.0. The molecule has 6 heteroatoms. The van der Waals surface area contributed by atoms with Crippen LogP contribution in [0.15, 0.2) is 29.2 Å². The monoisotopic (exact) mass is 373 g/mol. The molecule has 0 aromatic heterocycles. The van der Waals surface area contributed by atoms with Crippen LogP contribution in [0.2, 0.25) is 0 Å². The number of benzene rings is 1. The van der Waals surface area contributed by atoms with Crippen LogP contribution in [0.3, 0.4) is 0 Å². The van der Waals surface area contributed by atoms with Crippen LogP contribution in [0.1, 0.15) is 26.3 Å². The van der Waals surface area contributed by atoms with Crippen molar-refractivity contribution in [2.45, 2.75) is 37.4 Å². The summed E-state index contributed by atoms with van der Waals surface area (Å²) in [5, 5.41) is 0. The van der Waals surface area contributed by atoms with E-state index >= 15 is 0 Å². The predicted molar refractivity (Wildman–Crippen MR) is 85.7 cm³/mol. The van der Waals surface area contributed by atoms with E-state index in [1.165, 1.54) is 0 Å². The first-order valence-corrected chi connectivity index (χ1v) is 9.22. The van der Waals surface area contributed by atoms with Crippen LogP contribution in [0.5, 0.6) is 0 Å². The molecule has 1 fully saturated rings. The Morgan fingerprint density at radius 3 is 2.24 bits per heavy atom. The van der Waals surface area contributed by atoms with Gasteiger partial charge in [-0.3, -0.25) is 4.79 Å². The highest BCUT2D eigenvalue weighted by atomic mass is 79.9. The molecule has 21 heavy (non-hydrogen) atoms. The van der Waals surface area contributed by atoms with Crippen molar-refractivity contribution in [2.75, 3.05) is 6.54 Å². The van der Waals surface area contributed by atoms with Crippen molar-refractivity contribution in [3.63, 3.8) is 0 Å². The summed E-state index contributed by atoms with van der Waals surface area (Å²) in [5.74, 6) is -0.385. The first kappa shape index (κ1) is 16.5. The predicted octanol–water partition coefficient (Wildman–Crippen LogP) is 2.95. The fourth-order valence-corrected chi connectivity index (χ4v) is 5.11. The van der Waals surface area contributed by atoms with Gasteiger partial charge in [-0.25, -0.2) is 12.7 Å². The lowest BCUT2D eigenvalue weighted by Crippen LogP contribution is -2.36. The molecule has 116 valence electrons. The molecule has 1 aromatic carbocycles. The molecule has 4 nitrogen and oxygen atoms in total. The zero-order valence-electron chi connectivity index (χ0n) is 12.6. The second-order valence-electron chi connectivity index (χ2n) is 6.16. The molecule has 0 aliphatic carbocycles. The van der Waals surface area contributed by atoms with E-state index in [0.717, 1.165) is 9.87 Å². The maximum atomic E-state index is 12.7. The Bertz CT molecular complexity index is 650. The molecule has 1 saturated heterocycles. The Morgan fingerprint density at radius 1 is 1.29 bits per heavy atom. The highest BCUT2D eigenvalue weighted by molar-refractivity contribution is 9.09. The van der Waals surface area contributed by atoms with Crippen LogP contribution in [0, 0.1) is 18.3 Å². The number of sulfonamides is 1. The molecule has 0 spiro atoms. The number of hydrogen-bond donors (Lipinski definition) is 0. The summed E-state index contributed by atoms with van der Waals surface area (Å²) in [6, 6.07) is 6.58. The number of aryl methyl sites for hydroxylation is 1. The van der Waals surface area contributed by atoms with Crippen molar-refractivity contribution >= 4 is 31.9 Å². The zero-order valence-corrected chi connectivity index (χ0v) is 15.0. The van der Waals surface area contributed by atoms with E-state index in [9.17, 15) is 13.2 Å². The highest BCUT2D eigenvalue weighted by Gasteiger charge is 2.52. The minimum absolute atomic E-state index is 0.0507. The number of amides is 1. The molecule has 1 aliphatic rings. The Kier molecular flexibility index (Phi) is 4.23. The van der Waals surface area contributed by atoms with Crippen LogP contribution in [-0.4, -0.2) is 30.0 Å². The van der Waals surface area contributed by atoms with E-state index in [1.54, 1.807) is 24.3 Å². The minimum Gasteiger partial charge on any atom is -0.273 e. The average Bonchev–Trinajstić information content (AvgIpc) is 2.62. The highest BCUT2D eigenvalue weighted by Crippen LogP contribution is 2.42. The number of rotatable bonds is 3. The molecule has 2 rings (SSSR count). The summed E-state index contributed by atoms with van der Waals surface area (Å²) in [5.41, 5.74) is 0.287. The quantitative estimate of drug-likeness (QED) is 0.765. The molecule has 0 radical (unpaired) electrons. The van der Waals surface area contributed by atoms with Crippen molar-refractivity contribution in [3.05, 3.63) is 29.8 Å². The molecule has 1 amide bonds. The Hall–Kier alpha value is -0.880. The van der Waals surface area contributed by atoms with Gasteiger partial charge in [-0.2, -0.15) is 0 Å². The average molecular weight is 374 g/mol. The molecule has 0 saturated carbocycles. The van der Waals surface area contributed by atoms with Crippen LogP contribution < -0.4 is 0 Å². The van der Waals surface area contributed by atoms with Gasteiger partial charge in [0.05, 0.1) is 10.3 Å². The van der Waals surface area contributed by atoms with Crippen molar-refractivity contribution in [2.24, 2.45) is 11.3 Å². The third kappa shape index (κ3) is 2.75. The second kappa shape index (κ2) is 5.39. The maximum Gasteiger partial charge on any atom is 0.266 e. The summed E-state index contributed by atoms with van der Waals surface area (Å²) in [6.45, 7) is 7.67. The van der Waals surface area contributed by atoms with Crippen LogP contribution >= 0.6 is 15.9 Å². The van der Waals surface area contributed by atoms with Gasteiger partial charge in [0.25, 0.3) is 10.0 Å². The van der Waals surface area contributed by atoms with Gasteiger partial charge in [-0.05, 0) is 19.1 Å². The minimum atomic E-state index is -3.78. The number of carbonyl (C=O) groups is 1.